The van der Waals surface area contributed by atoms with Gasteiger partial charge in [-0.15, -0.1) is 0 Å². The molecule has 2 N–H and O–H groups in total. The number of amides is 1. The van der Waals surface area contributed by atoms with E-state index in [2.05, 4.69) is 20.5 Å². The highest BCUT2D eigenvalue weighted by atomic mass is 16.2. The molecule has 1 aromatic rings. The lowest BCUT2D eigenvalue weighted by atomic mass is 9.96. The molecule has 0 aromatic carbocycles. The summed E-state index contributed by atoms with van der Waals surface area (Å²) in [6.07, 6.45) is 3.17. The van der Waals surface area contributed by atoms with E-state index in [1.165, 1.54) is 6.33 Å². The van der Waals surface area contributed by atoms with Crippen molar-refractivity contribution in [3.05, 3.63) is 12.2 Å². The molecule has 0 fully saturated rings. The Labute approximate surface area is 89.7 Å². The van der Waals surface area contributed by atoms with Crippen LogP contribution in [0.15, 0.2) is 6.33 Å². The van der Waals surface area contributed by atoms with Crippen LogP contribution in [-0.4, -0.2) is 27.6 Å². The lowest BCUT2D eigenvalue weighted by molar-refractivity contribution is -0.128. The van der Waals surface area contributed by atoms with Crippen LogP contribution in [0.2, 0.25) is 0 Å². The van der Waals surface area contributed by atoms with E-state index in [0.29, 0.717) is 6.54 Å². The second kappa shape index (κ2) is 4.91. The van der Waals surface area contributed by atoms with Crippen molar-refractivity contribution in [2.75, 3.05) is 6.54 Å². The van der Waals surface area contributed by atoms with Crippen LogP contribution in [0, 0.1) is 5.41 Å². The summed E-state index contributed by atoms with van der Waals surface area (Å²) in [5.41, 5.74) is -0.313. The molecule has 1 aromatic heterocycles. The minimum Gasteiger partial charge on any atom is -0.356 e. The smallest absolute Gasteiger partial charge is 0.225 e. The van der Waals surface area contributed by atoms with Gasteiger partial charge in [0.25, 0.3) is 0 Å². The van der Waals surface area contributed by atoms with Crippen molar-refractivity contribution < 1.29 is 4.79 Å². The molecular weight excluding hydrogens is 192 g/mol. The van der Waals surface area contributed by atoms with Gasteiger partial charge in [-0.2, -0.15) is 5.10 Å². The van der Waals surface area contributed by atoms with Crippen LogP contribution >= 0.6 is 0 Å². The van der Waals surface area contributed by atoms with Crippen molar-refractivity contribution in [1.82, 2.24) is 20.5 Å². The molecule has 1 heterocycles. The lowest BCUT2D eigenvalue weighted by Gasteiger charge is -2.17. The van der Waals surface area contributed by atoms with E-state index < -0.39 is 0 Å². The van der Waals surface area contributed by atoms with Gasteiger partial charge < -0.3 is 5.32 Å². The molecule has 84 valence electrons. The third-order valence-electron chi connectivity index (χ3n) is 2.02. The van der Waals surface area contributed by atoms with Crippen molar-refractivity contribution >= 4 is 5.91 Å². The maximum Gasteiger partial charge on any atom is 0.225 e. The Balaban J connectivity index is 2.15. The zero-order valence-corrected chi connectivity index (χ0v) is 9.50. The topological polar surface area (TPSA) is 70.7 Å². The molecule has 0 aliphatic rings. The first-order chi connectivity index (χ1) is 7.00. The largest absolute Gasteiger partial charge is 0.356 e. The van der Waals surface area contributed by atoms with Crippen LogP contribution in [0.1, 0.15) is 33.0 Å². The van der Waals surface area contributed by atoms with Crippen molar-refractivity contribution in [1.29, 1.82) is 0 Å². The monoisotopic (exact) mass is 210 g/mol. The summed E-state index contributed by atoms with van der Waals surface area (Å²) >= 11 is 0. The van der Waals surface area contributed by atoms with E-state index in [1.807, 2.05) is 20.8 Å². The van der Waals surface area contributed by atoms with E-state index in [0.717, 1.165) is 18.7 Å². The van der Waals surface area contributed by atoms with Crippen molar-refractivity contribution in [3.8, 4) is 0 Å². The summed E-state index contributed by atoms with van der Waals surface area (Å²) in [6.45, 7) is 6.38. The Kier molecular flexibility index (Phi) is 3.82. The zero-order valence-electron chi connectivity index (χ0n) is 9.50. The Hall–Kier alpha value is -1.39. The van der Waals surface area contributed by atoms with Gasteiger partial charge in [-0.3, -0.25) is 9.89 Å². The maximum absolute atomic E-state index is 11.5. The Morgan fingerprint density at radius 2 is 2.27 bits per heavy atom. The molecule has 0 bridgehead atoms. The number of hydrogen-bond donors (Lipinski definition) is 2. The predicted molar refractivity (Wildman–Crippen MR) is 57.2 cm³/mol. The van der Waals surface area contributed by atoms with Gasteiger partial charge in [0.1, 0.15) is 12.2 Å². The minimum atomic E-state index is -0.313. The molecule has 5 nitrogen and oxygen atoms in total. The number of carbonyl (C=O) groups is 1. The molecule has 1 rings (SSSR count). The lowest BCUT2D eigenvalue weighted by Crippen LogP contribution is -2.35. The van der Waals surface area contributed by atoms with E-state index in [1.54, 1.807) is 0 Å². The number of nitrogens with zero attached hydrogens (tertiary/aromatic N) is 2. The summed E-state index contributed by atoms with van der Waals surface area (Å²) in [7, 11) is 0. The van der Waals surface area contributed by atoms with Crippen molar-refractivity contribution in [2.45, 2.75) is 33.6 Å². The molecule has 0 saturated carbocycles. The van der Waals surface area contributed by atoms with Crippen LogP contribution in [0.5, 0.6) is 0 Å². The molecule has 5 heteroatoms. The van der Waals surface area contributed by atoms with E-state index in [4.69, 9.17) is 0 Å². The van der Waals surface area contributed by atoms with Gasteiger partial charge in [0, 0.05) is 18.4 Å². The number of aryl methyl sites for hydroxylation is 1. The fraction of sp³-hybridized carbons (Fsp3) is 0.700. The maximum atomic E-state index is 11.5. The number of carbonyl (C=O) groups excluding carboxylic acids is 1. The molecule has 0 unspecified atom stereocenters. The SMILES string of the molecule is CC(C)(C)C(=O)NCCCc1ncn[nH]1. The number of rotatable bonds is 4. The van der Waals surface area contributed by atoms with Crippen molar-refractivity contribution in [3.63, 3.8) is 0 Å². The third-order valence-corrected chi connectivity index (χ3v) is 2.02. The van der Waals surface area contributed by atoms with Crippen LogP contribution in [-0.2, 0) is 11.2 Å². The molecule has 0 aliphatic heterocycles. The van der Waals surface area contributed by atoms with Gasteiger partial charge in [-0.1, -0.05) is 20.8 Å². The molecule has 0 atom stereocenters. The number of nitrogens with one attached hydrogen (secondary N) is 2. The molecule has 0 aliphatic carbocycles. The highest BCUT2D eigenvalue weighted by Gasteiger charge is 2.20. The molecule has 15 heavy (non-hydrogen) atoms. The second-order valence-corrected chi connectivity index (χ2v) is 4.54. The molecule has 0 radical (unpaired) electrons. The molecule has 0 spiro atoms. The summed E-state index contributed by atoms with van der Waals surface area (Å²) in [5.74, 6) is 0.945. The van der Waals surface area contributed by atoms with Gasteiger partial charge in [-0.25, -0.2) is 4.98 Å². The quantitative estimate of drug-likeness (QED) is 0.725. The normalized spacial score (nSPS) is 11.4. The van der Waals surface area contributed by atoms with Crippen molar-refractivity contribution in [2.24, 2.45) is 5.41 Å². The average Bonchev–Trinajstić information content (AvgIpc) is 2.63. The highest BCUT2D eigenvalue weighted by Crippen LogP contribution is 2.12. The predicted octanol–water partition coefficient (Wildman–Crippen LogP) is 0.900. The first kappa shape index (κ1) is 11.7. The number of aromatic amines is 1. The summed E-state index contributed by atoms with van der Waals surface area (Å²) in [6, 6.07) is 0. The first-order valence-electron chi connectivity index (χ1n) is 5.12. The Morgan fingerprint density at radius 3 is 2.80 bits per heavy atom. The fourth-order valence-electron chi connectivity index (χ4n) is 1.07. The standard InChI is InChI=1S/C10H18N4O/c1-10(2,3)9(15)11-6-4-5-8-12-7-13-14-8/h7H,4-6H2,1-3H3,(H,11,15)(H,12,13,14). The van der Waals surface area contributed by atoms with Gasteiger partial charge >= 0.3 is 0 Å². The minimum absolute atomic E-state index is 0.0834. The Bertz CT molecular complexity index is 300. The Morgan fingerprint density at radius 1 is 1.53 bits per heavy atom. The summed E-state index contributed by atoms with van der Waals surface area (Å²) < 4.78 is 0. The van der Waals surface area contributed by atoms with Gasteiger partial charge in [0.2, 0.25) is 5.91 Å². The van der Waals surface area contributed by atoms with Crippen LogP contribution < -0.4 is 5.32 Å². The highest BCUT2D eigenvalue weighted by molar-refractivity contribution is 5.81. The third kappa shape index (κ3) is 4.10. The molecule has 0 saturated heterocycles. The van der Waals surface area contributed by atoms with Gasteiger partial charge in [0.05, 0.1) is 0 Å². The number of hydrogen-bond acceptors (Lipinski definition) is 3. The van der Waals surface area contributed by atoms with Gasteiger partial charge in [0.15, 0.2) is 0 Å². The first-order valence-corrected chi connectivity index (χ1v) is 5.12. The average molecular weight is 210 g/mol. The zero-order chi connectivity index (χ0) is 11.3. The summed E-state index contributed by atoms with van der Waals surface area (Å²) in [5, 5.41) is 9.42. The number of H-pyrrole nitrogens is 1. The van der Waals surface area contributed by atoms with Crippen LogP contribution in [0.25, 0.3) is 0 Å². The van der Waals surface area contributed by atoms with E-state index >= 15 is 0 Å². The number of aromatic nitrogens is 3. The van der Waals surface area contributed by atoms with Crippen LogP contribution in [0.3, 0.4) is 0 Å². The summed E-state index contributed by atoms with van der Waals surface area (Å²) in [4.78, 5) is 15.5. The van der Waals surface area contributed by atoms with E-state index in [-0.39, 0.29) is 11.3 Å². The van der Waals surface area contributed by atoms with Crippen LogP contribution in [0.4, 0.5) is 0 Å². The van der Waals surface area contributed by atoms with E-state index in [9.17, 15) is 4.79 Å². The fourth-order valence-corrected chi connectivity index (χ4v) is 1.07. The van der Waals surface area contributed by atoms with Gasteiger partial charge in [-0.05, 0) is 6.42 Å². The second-order valence-electron chi connectivity index (χ2n) is 4.54. The molecule has 1 amide bonds. The molecular formula is C10H18N4O.